The van der Waals surface area contributed by atoms with Gasteiger partial charge in [-0.05, 0) is 83.2 Å². The van der Waals surface area contributed by atoms with Crippen molar-refractivity contribution < 1.29 is 9.53 Å². The topological polar surface area (TPSA) is 32.8 Å². The first-order chi connectivity index (χ1) is 12.6. The third kappa shape index (κ3) is 5.47. The Balaban J connectivity index is 1.53. The average molecular weight is 359 g/mol. The van der Waals surface area contributed by atoms with Gasteiger partial charge in [0.2, 0.25) is 5.91 Å². The lowest BCUT2D eigenvalue weighted by Gasteiger charge is -2.37. The Morgan fingerprint density at radius 1 is 1.15 bits per heavy atom. The van der Waals surface area contributed by atoms with Crippen LogP contribution in [0.2, 0.25) is 0 Å². The molecule has 1 atom stereocenters. The van der Waals surface area contributed by atoms with Gasteiger partial charge in [0.25, 0.3) is 0 Å². The lowest BCUT2D eigenvalue weighted by Crippen LogP contribution is -2.48. The van der Waals surface area contributed by atoms with E-state index in [-0.39, 0.29) is 0 Å². The van der Waals surface area contributed by atoms with Gasteiger partial charge in [0.15, 0.2) is 0 Å². The third-order valence-corrected chi connectivity index (χ3v) is 5.65. The minimum Gasteiger partial charge on any atom is -0.490 e. The minimum absolute atomic E-state index is 0.304. The molecule has 1 amide bonds. The summed E-state index contributed by atoms with van der Waals surface area (Å²) in [7, 11) is 4.18. The molecule has 26 heavy (non-hydrogen) atoms. The summed E-state index contributed by atoms with van der Waals surface area (Å²) in [5, 5.41) is 0. The van der Waals surface area contributed by atoms with E-state index in [1.54, 1.807) is 0 Å². The van der Waals surface area contributed by atoms with Crippen LogP contribution in [0.1, 0.15) is 56.9 Å². The van der Waals surface area contributed by atoms with Crippen LogP contribution in [0.15, 0.2) is 24.3 Å². The maximum atomic E-state index is 12.8. The number of nitrogens with zero attached hydrogens (tertiary/aromatic N) is 2. The van der Waals surface area contributed by atoms with Gasteiger partial charge >= 0.3 is 0 Å². The normalized spacial score (nSPS) is 21.3. The molecule has 0 bridgehead atoms. The van der Waals surface area contributed by atoms with E-state index in [1.165, 1.54) is 37.7 Å². The maximum Gasteiger partial charge on any atom is 0.223 e. The van der Waals surface area contributed by atoms with Crippen molar-refractivity contribution in [3.8, 4) is 5.75 Å². The molecule has 1 heterocycles. The highest BCUT2D eigenvalue weighted by molar-refractivity contribution is 5.77. The van der Waals surface area contributed by atoms with E-state index in [9.17, 15) is 4.79 Å². The molecule has 1 unspecified atom stereocenters. The van der Waals surface area contributed by atoms with Gasteiger partial charge in [-0.1, -0.05) is 12.1 Å². The summed E-state index contributed by atoms with van der Waals surface area (Å²) >= 11 is 0. The summed E-state index contributed by atoms with van der Waals surface area (Å²) in [4.78, 5) is 17.1. The molecule has 0 aromatic heterocycles. The minimum atomic E-state index is 0.304. The quantitative estimate of drug-likeness (QED) is 0.741. The van der Waals surface area contributed by atoms with E-state index in [4.69, 9.17) is 4.74 Å². The van der Waals surface area contributed by atoms with Gasteiger partial charge in [-0.2, -0.15) is 0 Å². The fourth-order valence-electron chi connectivity index (χ4n) is 4.31. The number of amides is 1. The largest absolute Gasteiger partial charge is 0.490 e. The second-order valence-electron chi connectivity index (χ2n) is 8.17. The Labute approximate surface area is 158 Å². The van der Waals surface area contributed by atoms with E-state index in [0.717, 1.165) is 38.1 Å². The van der Waals surface area contributed by atoms with Crippen molar-refractivity contribution >= 4 is 5.91 Å². The van der Waals surface area contributed by atoms with Crippen LogP contribution in [-0.4, -0.2) is 55.0 Å². The number of piperidine rings is 1. The van der Waals surface area contributed by atoms with Crippen molar-refractivity contribution in [3.05, 3.63) is 29.8 Å². The van der Waals surface area contributed by atoms with E-state index >= 15 is 0 Å². The molecule has 1 aromatic carbocycles. The molecule has 3 rings (SSSR count). The second kappa shape index (κ2) is 9.40. The van der Waals surface area contributed by atoms with Crippen LogP contribution < -0.4 is 4.74 Å². The van der Waals surface area contributed by atoms with Crippen molar-refractivity contribution in [1.29, 1.82) is 0 Å². The highest BCUT2D eigenvalue weighted by Crippen LogP contribution is 2.25. The molecule has 144 valence electrons. The highest BCUT2D eigenvalue weighted by Gasteiger charge is 2.26. The van der Waals surface area contributed by atoms with Crippen LogP contribution in [0, 0.1) is 0 Å². The summed E-state index contributed by atoms with van der Waals surface area (Å²) < 4.78 is 6.10. The smallest absolute Gasteiger partial charge is 0.223 e. The lowest BCUT2D eigenvalue weighted by atomic mass is 10.0. The number of carbonyl (C=O) groups is 1. The predicted molar refractivity (Wildman–Crippen MR) is 106 cm³/mol. The number of hydrogen-bond acceptors (Lipinski definition) is 3. The fourth-order valence-corrected chi connectivity index (χ4v) is 4.31. The van der Waals surface area contributed by atoms with Gasteiger partial charge in [-0.3, -0.25) is 4.79 Å². The molecular formula is C22H34N2O2. The standard InChI is InChI=1S/C22H34N2O2/c1-23(2)17-19-9-5-6-15-24(19)22(25)14-13-18-8-7-12-21(16-18)26-20-10-3-4-11-20/h7-8,12,16,19-20H,3-6,9-11,13-15,17H2,1-2H3. The van der Waals surface area contributed by atoms with Gasteiger partial charge in [0.1, 0.15) is 5.75 Å². The van der Waals surface area contributed by atoms with Crippen LogP contribution >= 0.6 is 0 Å². The summed E-state index contributed by atoms with van der Waals surface area (Å²) in [6.07, 6.45) is 10.2. The predicted octanol–water partition coefficient (Wildman–Crippen LogP) is 3.88. The van der Waals surface area contributed by atoms with Crippen molar-refractivity contribution in [2.75, 3.05) is 27.2 Å². The first-order valence-corrected chi connectivity index (χ1v) is 10.3. The molecule has 2 aliphatic rings. The lowest BCUT2D eigenvalue weighted by molar-refractivity contribution is -0.135. The maximum absolute atomic E-state index is 12.8. The van der Waals surface area contributed by atoms with E-state index in [1.807, 2.05) is 6.07 Å². The number of rotatable bonds is 7. The first-order valence-electron chi connectivity index (χ1n) is 10.3. The molecule has 0 N–H and O–H groups in total. The summed E-state index contributed by atoms with van der Waals surface area (Å²) in [5.41, 5.74) is 1.20. The zero-order valence-electron chi connectivity index (χ0n) is 16.5. The molecule has 2 fully saturated rings. The fraction of sp³-hybridized carbons (Fsp3) is 0.682. The zero-order chi connectivity index (χ0) is 18.4. The Kier molecular flexibility index (Phi) is 6.95. The van der Waals surface area contributed by atoms with Crippen molar-refractivity contribution in [2.45, 2.75) is 69.9 Å². The SMILES string of the molecule is CN(C)CC1CCCCN1C(=O)CCc1cccc(OC2CCCC2)c1. The van der Waals surface area contributed by atoms with Crippen LogP contribution in [0.5, 0.6) is 5.75 Å². The number of hydrogen-bond donors (Lipinski definition) is 0. The third-order valence-electron chi connectivity index (χ3n) is 5.65. The molecule has 0 spiro atoms. The Morgan fingerprint density at radius 3 is 2.69 bits per heavy atom. The molecule has 1 aliphatic heterocycles. The number of carbonyl (C=O) groups excluding carboxylic acids is 1. The molecule has 1 saturated heterocycles. The van der Waals surface area contributed by atoms with Crippen molar-refractivity contribution in [2.24, 2.45) is 0 Å². The van der Waals surface area contributed by atoms with Crippen LogP contribution in [0.25, 0.3) is 0 Å². The molecule has 1 saturated carbocycles. The Bertz CT molecular complexity index is 581. The second-order valence-corrected chi connectivity index (χ2v) is 8.17. The van der Waals surface area contributed by atoms with Crippen molar-refractivity contribution in [3.63, 3.8) is 0 Å². The average Bonchev–Trinajstić information content (AvgIpc) is 3.13. The molecular weight excluding hydrogens is 324 g/mol. The Morgan fingerprint density at radius 2 is 1.92 bits per heavy atom. The molecule has 4 nitrogen and oxygen atoms in total. The molecule has 0 radical (unpaired) electrons. The van der Waals surface area contributed by atoms with E-state index < -0.39 is 0 Å². The molecule has 4 heteroatoms. The van der Waals surface area contributed by atoms with Gasteiger partial charge in [-0.15, -0.1) is 0 Å². The van der Waals surface area contributed by atoms with Crippen LogP contribution in [-0.2, 0) is 11.2 Å². The van der Waals surface area contributed by atoms with Gasteiger partial charge in [-0.25, -0.2) is 0 Å². The first kappa shape index (κ1) is 19.2. The summed E-state index contributed by atoms with van der Waals surface area (Å²) in [5.74, 6) is 1.27. The van der Waals surface area contributed by atoms with Gasteiger partial charge in [0, 0.05) is 25.6 Å². The Hall–Kier alpha value is -1.55. The van der Waals surface area contributed by atoms with Crippen molar-refractivity contribution in [1.82, 2.24) is 9.80 Å². The van der Waals surface area contributed by atoms with E-state index in [0.29, 0.717) is 24.5 Å². The van der Waals surface area contributed by atoms with E-state index in [2.05, 4.69) is 42.1 Å². The number of ether oxygens (including phenoxy) is 1. The molecule has 1 aliphatic carbocycles. The highest BCUT2D eigenvalue weighted by atomic mass is 16.5. The van der Waals surface area contributed by atoms with Gasteiger partial charge in [0.05, 0.1) is 6.10 Å². The number of likely N-dealkylation sites (N-methyl/N-ethyl adjacent to an activating group) is 1. The van der Waals surface area contributed by atoms with Crippen LogP contribution in [0.3, 0.4) is 0 Å². The summed E-state index contributed by atoms with van der Waals surface area (Å²) in [6.45, 7) is 1.89. The molecule has 1 aromatic rings. The van der Waals surface area contributed by atoms with Crippen LogP contribution in [0.4, 0.5) is 0 Å². The summed E-state index contributed by atoms with van der Waals surface area (Å²) in [6, 6.07) is 8.71. The zero-order valence-corrected chi connectivity index (χ0v) is 16.5. The number of likely N-dealkylation sites (tertiary alicyclic amines) is 1. The number of benzene rings is 1. The number of aryl methyl sites for hydroxylation is 1. The monoisotopic (exact) mass is 358 g/mol. The van der Waals surface area contributed by atoms with Gasteiger partial charge < -0.3 is 14.5 Å².